The molecular formula is C18H27FN2. The summed E-state index contributed by atoms with van der Waals surface area (Å²) in [7, 11) is 0. The van der Waals surface area contributed by atoms with Gasteiger partial charge in [-0.05, 0) is 43.4 Å². The molecule has 1 aromatic rings. The van der Waals surface area contributed by atoms with Gasteiger partial charge in [0, 0.05) is 31.2 Å². The maximum absolute atomic E-state index is 13.1. The lowest BCUT2D eigenvalue weighted by molar-refractivity contribution is 0.310. The van der Waals surface area contributed by atoms with Gasteiger partial charge in [-0.15, -0.1) is 0 Å². The zero-order chi connectivity index (χ0) is 14.7. The standard InChI is InChI=1S/C18H27FN2/c1-2-3-4-18(14-5-7-15(19)8-6-14)20-16-11-12-21(13-16)17-9-10-17/h5-8,16-18,20H,2-4,9-13H2,1H3. The molecule has 1 heterocycles. The number of rotatable bonds is 7. The van der Waals surface area contributed by atoms with E-state index >= 15 is 0 Å². The molecule has 1 aliphatic heterocycles. The summed E-state index contributed by atoms with van der Waals surface area (Å²) >= 11 is 0. The van der Waals surface area contributed by atoms with Crippen molar-refractivity contribution in [2.24, 2.45) is 0 Å². The van der Waals surface area contributed by atoms with Crippen LogP contribution in [-0.2, 0) is 0 Å². The summed E-state index contributed by atoms with van der Waals surface area (Å²) in [4.78, 5) is 2.64. The van der Waals surface area contributed by atoms with Gasteiger partial charge in [0.25, 0.3) is 0 Å². The summed E-state index contributed by atoms with van der Waals surface area (Å²) < 4.78 is 13.1. The Morgan fingerprint density at radius 3 is 2.67 bits per heavy atom. The van der Waals surface area contributed by atoms with Crippen LogP contribution >= 0.6 is 0 Å². The van der Waals surface area contributed by atoms with Crippen LogP contribution < -0.4 is 5.32 Å². The zero-order valence-corrected chi connectivity index (χ0v) is 13.0. The number of hydrogen-bond acceptors (Lipinski definition) is 2. The normalized spacial score (nSPS) is 24.4. The number of nitrogens with one attached hydrogen (secondary N) is 1. The van der Waals surface area contributed by atoms with Crippen LogP contribution in [0.1, 0.15) is 57.1 Å². The van der Waals surface area contributed by atoms with Gasteiger partial charge in [-0.2, -0.15) is 0 Å². The van der Waals surface area contributed by atoms with Crippen LogP contribution in [-0.4, -0.2) is 30.1 Å². The summed E-state index contributed by atoms with van der Waals surface area (Å²) in [6.45, 7) is 4.66. The van der Waals surface area contributed by atoms with E-state index in [-0.39, 0.29) is 5.82 Å². The Bertz CT molecular complexity index is 441. The summed E-state index contributed by atoms with van der Waals surface area (Å²) in [6.07, 6.45) is 7.60. The molecule has 3 heteroatoms. The maximum Gasteiger partial charge on any atom is 0.123 e. The van der Waals surface area contributed by atoms with Gasteiger partial charge >= 0.3 is 0 Å². The predicted octanol–water partition coefficient (Wildman–Crippen LogP) is 3.88. The molecule has 1 aromatic carbocycles. The highest BCUT2D eigenvalue weighted by Gasteiger charge is 2.34. The Morgan fingerprint density at radius 2 is 2.00 bits per heavy atom. The van der Waals surface area contributed by atoms with Gasteiger partial charge < -0.3 is 5.32 Å². The van der Waals surface area contributed by atoms with E-state index < -0.39 is 0 Å². The molecule has 2 aliphatic rings. The van der Waals surface area contributed by atoms with Gasteiger partial charge in [0.1, 0.15) is 5.82 Å². The van der Waals surface area contributed by atoms with Crippen LogP contribution in [0, 0.1) is 5.82 Å². The zero-order valence-electron chi connectivity index (χ0n) is 13.0. The third kappa shape index (κ3) is 4.04. The fraction of sp³-hybridized carbons (Fsp3) is 0.667. The molecule has 0 aromatic heterocycles. The Labute approximate surface area is 127 Å². The Balaban J connectivity index is 1.60. The fourth-order valence-corrected chi connectivity index (χ4v) is 3.43. The van der Waals surface area contributed by atoms with Crippen molar-refractivity contribution in [1.82, 2.24) is 10.2 Å². The number of likely N-dealkylation sites (tertiary alicyclic amines) is 1. The van der Waals surface area contributed by atoms with Gasteiger partial charge in [0.15, 0.2) is 0 Å². The second kappa shape index (κ2) is 6.89. The lowest BCUT2D eigenvalue weighted by Crippen LogP contribution is -2.36. The molecule has 0 spiro atoms. The quantitative estimate of drug-likeness (QED) is 0.819. The van der Waals surface area contributed by atoms with Gasteiger partial charge in [-0.1, -0.05) is 31.9 Å². The second-order valence-corrected chi connectivity index (χ2v) is 6.62. The third-order valence-corrected chi connectivity index (χ3v) is 4.84. The first-order valence-corrected chi connectivity index (χ1v) is 8.52. The smallest absolute Gasteiger partial charge is 0.123 e. The van der Waals surface area contributed by atoms with Crippen molar-refractivity contribution in [3.63, 3.8) is 0 Å². The van der Waals surface area contributed by atoms with Crippen molar-refractivity contribution in [2.45, 2.75) is 63.6 Å². The van der Waals surface area contributed by atoms with Crippen molar-refractivity contribution in [1.29, 1.82) is 0 Å². The summed E-state index contributed by atoms with van der Waals surface area (Å²) in [5, 5.41) is 3.84. The molecule has 0 amide bonds. The Hall–Kier alpha value is -0.930. The number of hydrogen-bond donors (Lipinski definition) is 1. The first-order valence-electron chi connectivity index (χ1n) is 8.52. The van der Waals surface area contributed by atoms with Crippen LogP contribution in [0.5, 0.6) is 0 Å². The highest BCUT2D eigenvalue weighted by molar-refractivity contribution is 5.20. The molecule has 2 nitrogen and oxygen atoms in total. The number of nitrogens with zero attached hydrogens (tertiary/aromatic N) is 1. The second-order valence-electron chi connectivity index (χ2n) is 6.62. The van der Waals surface area contributed by atoms with Crippen molar-refractivity contribution >= 4 is 0 Å². The maximum atomic E-state index is 13.1. The van der Waals surface area contributed by atoms with E-state index in [1.807, 2.05) is 12.1 Å². The van der Waals surface area contributed by atoms with Crippen LogP contribution in [0.3, 0.4) is 0 Å². The molecule has 1 saturated carbocycles. The van der Waals surface area contributed by atoms with Crippen molar-refractivity contribution in [2.75, 3.05) is 13.1 Å². The molecule has 21 heavy (non-hydrogen) atoms. The third-order valence-electron chi connectivity index (χ3n) is 4.84. The minimum atomic E-state index is -0.145. The molecular weight excluding hydrogens is 263 g/mol. The lowest BCUT2D eigenvalue weighted by Gasteiger charge is -2.24. The predicted molar refractivity (Wildman–Crippen MR) is 84.8 cm³/mol. The largest absolute Gasteiger partial charge is 0.306 e. The molecule has 2 atom stereocenters. The van der Waals surface area contributed by atoms with Crippen LogP contribution in [0.2, 0.25) is 0 Å². The first kappa shape index (κ1) is 15.0. The van der Waals surface area contributed by atoms with E-state index in [1.54, 1.807) is 12.1 Å². The van der Waals surface area contributed by atoms with E-state index in [0.29, 0.717) is 12.1 Å². The number of halogens is 1. The van der Waals surface area contributed by atoms with E-state index in [4.69, 9.17) is 0 Å². The van der Waals surface area contributed by atoms with Crippen LogP contribution in [0.4, 0.5) is 4.39 Å². The average molecular weight is 290 g/mol. The molecule has 1 N–H and O–H groups in total. The highest BCUT2D eigenvalue weighted by Crippen LogP contribution is 2.31. The van der Waals surface area contributed by atoms with Gasteiger partial charge in [-0.25, -0.2) is 4.39 Å². The Kier molecular flexibility index (Phi) is 4.91. The topological polar surface area (TPSA) is 15.3 Å². The SMILES string of the molecule is CCCCC(NC1CCN(C2CC2)C1)c1ccc(F)cc1. The molecule has 2 unspecified atom stereocenters. The molecule has 116 valence electrons. The average Bonchev–Trinajstić information content (AvgIpc) is 3.24. The minimum Gasteiger partial charge on any atom is -0.306 e. The number of unbranched alkanes of at least 4 members (excludes halogenated alkanes) is 1. The molecule has 1 saturated heterocycles. The first-order chi connectivity index (χ1) is 10.3. The monoisotopic (exact) mass is 290 g/mol. The fourth-order valence-electron chi connectivity index (χ4n) is 3.43. The minimum absolute atomic E-state index is 0.145. The Morgan fingerprint density at radius 1 is 1.24 bits per heavy atom. The summed E-state index contributed by atoms with van der Waals surface area (Å²) in [5.74, 6) is -0.145. The van der Waals surface area contributed by atoms with Crippen molar-refractivity contribution < 1.29 is 4.39 Å². The van der Waals surface area contributed by atoms with Gasteiger partial charge in [-0.3, -0.25) is 4.90 Å². The van der Waals surface area contributed by atoms with Crippen molar-refractivity contribution in [3.8, 4) is 0 Å². The van der Waals surface area contributed by atoms with E-state index in [2.05, 4.69) is 17.1 Å². The highest BCUT2D eigenvalue weighted by atomic mass is 19.1. The van der Waals surface area contributed by atoms with E-state index in [1.165, 1.54) is 50.8 Å². The molecule has 1 aliphatic carbocycles. The van der Waals surface area contributed by atoms with Gasteiger partial charge in [0.05, 0.1) is 0 Å². The number of benzene rings is 1. The van der Waals surface area contributed by atoms with Crippen LogP contribution in [0.25, 0.3) is 0 Å². The van der Waals surface area contributed by atoms with Crippen LogP contribution in [0.15, 0.2) is 24.3 Å². The molecule has 0 radical (unpaired) electrons. The molecule has 2 fully saturated rings. The summed E-state index contributed by atoms with van der Waals surface area (Å²) in [5.41, 5.74) is 1.23. The van der Waals surface area contributed by atoms with Gasteiger partial charge in [0.2, 0.25) is 0 Å². The molecule has 0 bridgehead atoms. The lowest BCUT2D eigenvalue weighted by atomic mass is 10.00. The molecule has 3 rings (SSSR count). The van der Waals surface area contributed by atoms with Crippen molar-refractivity contribution in [3.05, 3.63) is 35.6 Å². The van der Waals surface area contributed by atoms with E-state index in [0.717, 1.165) is 12.5 Å². The summed E-state index contributed by atoms with van der Waals surface area (Å²) in [6, 6.07) is 8.89. The van der Waals surface area contributed by atoms with E-state index in [9.17, 15) is 4.39 Å².